The number of nitrogens with one attached hydrogen (secondary N) is 1. The fourth-order valence-electron chi connectivity index (χ4n) is 2.10. The van der Waals surface area contributed by atoms with Crippen LogP contribution in [0.15, 0.2) is 6.20 Å². The lowest BCUT2D eigenvalue weighted by Crippen LogP contribution is -2.57. The molecule has 0 aromatic carbocycles. The van der Waals surface area contributed by atoms with Crippen LogP contribution < -0.4 is 5.73 Å². The second kappa shape index (κ2) is 4.77. The molecule has 18 heavy (non-hydrogen) atoms. The van der Waals surface area contributed by atoms with Gasteiger partial charge in [-0.25, -0.2) is 0 Å². The quantitative estimate of drug-likeness (QED) is 0.702. The maximum Gasteiger partial charge on any atom is 0.257 e. The highest BCUT2D eigenvalue weighted by molar-refractivity contribution is 5.95. The molecular weight excluding hydrogens is 234 g/mol. The first-order chi connectivity index (χ1) is 8.50. The Morgan fingerprint density at radius 1 is 1.50 bits per heavy atom. The fourth-order valence-corrected chi connectivity index (χ4v) is 2.10. The number of carbonyl (C=O) groups excluding carboxylic acids is 2. The third kappa shape index (κ3) is 2.21. The summed E-state index contributed by atoms with van der Waals surface area (Å²) in [5, 5.41) is 6.56. The van der Waals surface area contributed by atoms with Crippen LogP contribution in [-0.4, -0.2) is 64.5 Å². The number of nitrogens with two attached hydrogens (primary N) is 1. The highest BCUT2D eigenvalue weighted by atomic mass is 16.2. The van der Waals surface area contributed by atoms with E-state index in [1.54, 1.807) is 11.8 Å². The molecule has 98 valence electrons. The summed E-state index contributed by atoms with van der Waals surface area (Å²) in [6, 6.07) is -0.421. The SMILES string of the molecule is Cc1[nH]ncc1C(=O)N1CCN(C)C(C(N)=O)C1. The maximum absolute atomic E-state index is 12.3. The van der Waals surface area contributed by atoms with Crippen molar-refractivity contribution in [3.8, 4) is 0 Å². The smallest absolute Gasteiger partial charge is 0.257 e. The highest BCUT2D eigenvalue weighted by Gasteiger charge is 2.31. The van der Waals surface area contributed by atoms with E-state index in [1.807, 2.05) is 11.9 Å². The van der Waals surface area contributed by atoms with Crippen LogP contribution in [0.3, 0.4) is 0 Å². The molecule has 0 bridgehead atoms. The van der Waals surface area contributed by atoms with E-state index < -0.39 is 11.9 Å². The molecule has 7 heteroatoms. The van der Waals surface area contributed by atoms with Gasteiger partial charge in [0.15, 0.2) is 0 Å². The second-order valence-electron chi connectivity index (χ2n) is 4.56. The number of nitrogens with zero attached hydrogens (tertiary/aromatic N) is 3. The number of amides is 2. The van der Waals surface area contributed by atoms with Gasteiger partial charge in [-0.3, -0.25) is 19.6 Å². The molecule has 1 aromatic heterocycles. The summed E-state index contributed by atoms with van der Waals surface area (Å²) in [6.07, 6.45) is 1.51. The molecule has 0 radical (unpaired) electrons. The monoisotopic (exact) mass is 251 g/mol. The summed E-state index contributed by atoms with van der Waals surface area (Å²) in [7, 11) is 1.83. The van der Waals surface area contributed by atoms with E-state index in [4.69, 9.17) is 5.73 Å². The zero-order valence-electron chi connectivity index (χ0n) is 10.5. The van der Waals surface area contributed by atoms with E-state index in [1.165, 1.54) is 6.20 Å². The molecule has 1 saturated heterocycles. The van der Waals surface area contributed by atoms with Crippen molar-refractivity contribution in [3.63, 3.8) is 0 Å². The Labute approximate surface area is 105 Å². The van der Waals surface area contributed by atoms with Gasteiger partial charge in [0.05, 0.1) is 11.8 Å². The molecule has 2 heterocycles. The van der Waals surface area contributed by atoms with Crippen molar-refractivity contribution < 1.29 is 9.59 Å². The number of likely N-dealkylation sites (N-methyl/N-ethyl adjacent to an activating group) is 1. The number of aromatic amines is 1. The standard InChI is InChI=1S/C11H17N5O2/c1-7-8(5-13-14-7)11(18)16-4-3-15(2)9(6-16)10(12)17/h5,9H,3-4,6H2,1-2H3,(H2,12,17)(H,13,14). The average Bonchev–Trinajstić information content (AvgIpc) is 2.75. The van der Waals surface area contributed by atoms with Gasteiger partial charge in [-0.15, -0.1) is 0 Å². The van der Waals surface area contributed by atoms with E-state index in [0.717, 1.165) is 5.69 Å². The van der Waals surface area contributed by atoms with Crippen LogP contribution in [0.5, 0.6) is 0 Å². The van der Waals surface area contributed by atoms with Crippen molar-refractivity contribution in [1.29, 1.82) is 0 Å². The van der Waals surface area contributed by atoms with Crippen LogP contribution in [0.2, 0.25) is 0 Å². The van der Waals surface area contributed by atoms with Crippen LogP contribution in [0.4, 0.5) is 0 Å². The molecule has 7 nitrogen and oxygen atoms in total. The fraction of sp³-hybridized carbons (Fsp3) is 0.545. The lowest BCUT2D eigenvalue weighted by Gasteiger charge is -2.37. The highest BCUT2D eigenvalue weighted by Crippen LogP contribution is 2.13. The third-order valence-electron chi connectivity index (χ3n) is 3.32. The number of hydrogen-bond acceptors (Lipinski definition) is 4. The molecule has 2 amide bonds. The summed E-state index contributed by atoms with van der Waals surface area (Å²) in [5.41, 5.74) is 6.61. The zero-order valence-corrected chi connectivity index (χ0v) is 10.5. The number of rotatable bonds is 2. The minimum absolute atomic E-state index is 0.111. The lowest BCUT2D eigenvalue weighted by atomic mass is 10.1. The van der Waals surface area contributed by atoms with Gasteiger partial charge in [0.2, 0.25) is 5.91 Å². The molecule has 0 spiro atoms. The molecule has 0 aliphatic carbocycles. The van der Waals surface area contributed by atoms with E-state index in [-0.39, 0.29) is 5.91 Å². The molecule has 1 aliphatic rings. The largest absolute Gasteiger partial charge is 0.368 e. The molecule has 2 rings (SSSR count). The third-order valence-corrected chi connectivity index (χ3v) is 3.32. The van der Waals surface area contributed by atoms with Gasteiger partial charge in [0, 0.05) is 25.3 Å². The molecule has 1 aromatic rings. The van der Waals surface area contributed by atoms with E-state index in [2.05, 4.69) is 10.2 Å². The van der Waals surface area contributed by atoms with Crippen molar-refractivity contribution in [1.82, 2.24) is 20.0 Å². The van der Waals surface area contributed by atoms with E-state index >= 15 is 0 Å². The number of H-pyrrole nitrogens is 1. The van der Waals surface area contributed by atoms with Crippen molar-refractivity contribution in [2.75, 3.05) is 26.7 Å². The van der Waals surface area contributed by atoms with Crippen LogP contribution in [-0.2, 0) is 4.79 Å². The van der Waals surface area contributed by atoms with Crippen molar-refractivity contribution in [3.05, 3.63) is 17.5 Å². The number of hydrogen-bond donors (Lipinski definition) is 2. The predicted molar refractivity (Wildman–Crippen MR) is 64.8 cm³/mol. The first kappa shape index (κ1) is 12.6. The summed E-state index contributed by atoms with van der Waals surface area (Å²) < 4.78 is 0. The lowest BCUT2D eigenvalue weighted by molar-refractivity contribution is -0.124. The minimum atomic E-state index is -0.421. The molecule has 0 saturated carbocycles. The van der Waals surface area contributed by atoms with Crippen LogP contribution >= 0.6 is 0 Å². The average molecular weight is 251 g/mol. The molecule has 1 fully saturated rings. The minimum Gasteiger partial charge on any atom is -0.368 e. The van der Waals surface area contributed by atoms with Crippen LogP contribution in [0.1, 0.15) is 16.1 Å². The van der Waals surface area contributed by atoms with E-state index in [9.17, 15) is 9.59 Å². The van der Waals surface area contributed by atoms with Crippen LogP contribution in [0, 0.1) is 6.92 Å². The van der Waals surface area contributed by atoms with Gasteiger partial charge >= 0.3 is 0 Å². The van der Waals surface area contributed by atoms with Gasteiger partial charge in [-0.2, -0.15) is 5.10 Å². The molecule has 1 unspecified atom stereocenters. The Morgan fingerprint density at radius 3 is 2.78 bits per heavy atom. The molecule has 3 N–H and O–H groups in total. The summed E-state index contributed by atoms with van der Waals surface area (Å²) in [4.78, 5) is 27.1. The van der Waals surface area contributed by atoms with Crippen molar-refractivity contribution >= 4 is 11.8 Å². The molecule has 1 atom stereocenters. The Kier molecular flexibility index (Phi) is 3.33. The Morgan fingerprint density at radius 2 is 2.22 bits per heavy atom. The number of carbonyl (C=O) groups is 2. The summed E-state index contributed by atoms with van der Waals surface area (Å²) in [6.45, 7) is 3.34. The molecule has 1 aliphatic heterocycles. The van der Waals surface area contributed by atoms with Crippen molar-refractivity contribution in [2.24, 2.45) is 5.73 Å². The first-order valence-corrected chi connectivity index (χ1v) is 5.79. The van der Waals surface area contributed by atoms with Crippen molar-refractivity contribution in [2.45, 2.75) is 13.0 Å². The van der Waals surface area contributed by atoms with Gasteiger partial charge in [0.1, 0.15) is 6.04 Å². The van der Waals surface area contributed by atoms with E-state index in [0.29, 0.717) is 25.2 Å². The van der Waals surface area contributed by atoms with Gasteiger partial charge < -0.3 is 10.6 Å². The van der Waals surface area contributed by atoms with Gasteiger partial charge in [0.25, 0.3) is 5.91 Å². The number of aromatic nitrogens is 2. The zero-order chi connectivity index (χ0) is 13.3. The number of aryl methyl sites for hydroxylation is 1. The van der Waals surface area contributed by atoms with Gasteiger partial charge in [-0.1, -0.05) is 0 Å². The molecular formula is C11H17N5O2. The second-order valence-corrected chi connectivity index (χ2v) is 4.56. The maximum atomic E-state index is 12.3. The van der Waals surface area contributed by atoms with Crippen LogP contribution in [0.25, 0.3) is 0 Å². The topological polar surface area (TPSA) is 95.3 Å². The first-order valence-electron chi connectivity index (χ1n) is 5.79. The number of primary amides is 1. The normalized spacial score (nSPS) is 21.0. The Bertz CT molecular complexity index is 470. The summed E-state index contributed by atoms with van der Waals surface area (Å²) >= 11 is 0. The van der Waals surface area contributed by atoms with Gasteiger partial charge in [-0.05, 0) is 14.0 Å². The summed E-state index contributed by atoms with van der Waals surface area (Å²) in [5.74, 6) is -0.514. The predicted octanol–water partition coefficient (Wildman–Crippen LogP) is -1.04. The Balaban J connectivity index is 2.13. The number of piperazine rings is 1. The Hall–Kier alpha value is -1.89.